The molecule has 134 valence electrons. The predicted molar refractivity (Wildman–Crippen MR) is 108 cm³/mol. The summed E-state index contributed by atoms with van der Waals surface area (Å²) in [7, 11) is 0. The standard InChI is InChI=1S/C22H16N6/c1-15-4-7-18(8-5-15)25-27-20-11-9-19(12-16(20)2)26-28-21-10-6-17(14-23)13-22(21)24-3/h4-13H,1-2H3. The van der Waals surface area contributed by atoms with Gasteiger partial charge in [-0.1, -0.05) is 17.7 Å². The van der Waals surface area contributed by atoms with Crippen LogP contribution in [0.5, 0.6) is 0 Å². The SMILES string of the molecule is [C-]#[N+]c1cc(C#N)ccc1N=Nc1ccc(N=Nc2ccc(C)cc2)c(C)c1. The van der Waals surface area contributed by atoms with E-state index in [9.17, 15) is 0 Å². The van der Waals surface area contributed by atoms with Crippen LogP contribution >= 0.6 is 0 Å². The van der Waals surface area contributed by atoms with Crippen LogP contribution in [0.15, 0.2) is 81.1 Å². The van der Waals surface area contributed by atoms with Crippen LogP contribution in [0.25, 0.3) is 4.85 Å². The number of hydrogen-bond acceptors (Lipinski definition) is 5. The van der Waals surface area contributed by atoms with Gasteiger partial charge >= 0.3 is 0 Å². The molecular formula is C22H16N6. The van der Waals surface area contributed by atoms with Gasteiger partial charge in [0.2, 0.25) is 5.69 Å². The highest BCUT2D eigenvalue weighted by Crippen LogP contribution is 2.32. The first kappa shape index (κ1) is 18.6. The second kappa shape index (κ2) is 8.48. The number of benzene rings is 3. The van der Waals surface area contributed by atoms with Crippen LogP contribution < -0.4 is 0 Å². The second-order valence-corrected chi connectivity index (χ2v) is 6.13. The first-order valence-electron chi connectivity index (χ1n) is 8.51. The summed E-state index contributed by atoms with van der Waals surface area (Å²) >= 11 is 0. The quantitative estimate of drug-likeness (QED) is 0.347. The lowest BCUT2D eigenvalue weighted by Gasteiger charge is -2.01. The Kier molecular flexibility index (Phi) is 5.64. The predicted octanol–water partition coefficient (Wildman–Crippen LogP) is 7.56. The Hall–Kier alpha value is -4.16. The van der Waals surface area contributed by atoms with Crippen LogP contribution in [0, 0.1) is 31.8 Å². The average Bonchev–Trinajstić information content (AvgIpc) is 2.72. The van der Waals surface area contributed by atoms with Crippen LogP contribution in [0.4, 0.5) is 28.4 Å². The fraction of sp³-hybridized carbons (Fsp3) is 0.0909. The number of aryl methyl sites for hydroxylation is 2. The largest absolute Gasteiger partial charge is 0.236 e. The Balaban J connectivity index is 1.79. The van der Waals surface area contributed by atoms with Gasteiger partial charge in [0.15, 0.2) is 0 Å². The highest BCUT2D eigenvalue weighted by Gasteiger charge is 2.04. The van der Waals surface area contributed by atoms with E-state index in [1.807, 2.05) is 56.3 Å². The summed E-state index contributed by atoms with van der Waals surface area (Å²) in [6.07, 6.45) is 0. The Morgan fingerprint density at radius 3 is 2.11 bits per heavy atom. The Labute approximate surface area is 163 Å². The first-order chi connectivity index (χ1) is 13.6. The maximum Gasteiger partial charge on any atom is 0.215 e. The summed E-state index contributed by atoms with van der Waals surface area (Å²) in [5.74, 6) is 0. The van der Waals surface area contributed by atoms with E-state index >= 15 is 0 Å². The minimum Gasteiger partial charge on any atom is -0.236 e. The van der Waals surface area contributed by atoms with Crippen molar-refractivity contribution in [2.45, 2.75) is 13.8 Å². The van der Waals surface area contributed by atoms with E-state index in [0.717, 1.165) is 16.9 Å². The van der Waals surface area contributed by atoms with Crippen molar-refractivity contribution in [2.75, 3.05) is 0 Å². The number of nitrogens with zero attached hydrogens (tertiary/aromatic N) is 6. The molecule has 0 unspecified atom stereocenters. The minimum absolute atomic E-state index is 0.294. The van der Waals surface area contributed by atoms with Gasteiger partial charge in [-0.25, -0.2) is 4.85 Å². The zero-order valence-electron chi connectivity index (χ0n) is 15.5. The minimum atomic E-state index is 0.294. The molecule has 6 heteroatoms. The van der Waals surface area contributed by atoms with Gasteiger partial charge in [0.1, 0.15) is 0 Å². The molecule has 6 nitrogen and oxygen atoms in total. The van der Waals surface area contributed by atoms with Gasteiger partial charge in [0.05, 0.1) is 35.4 Å². The second-order valence-electron chi connectivity index (χ2n) is 6.13. The summed E-state index contributed by atoms with van der Waals surface area (Å²) in [5.41, 5.74) is 5.42. The van der Waals surface area contributed by atoms with Gasteiger partial charge in [-0.05, 0) is 67.9 Å². The molecule has 0 fully saturated rings. The van der Waals surface area contributed by atoms with Crippen molar-refractivity contribution in [1.29, 1.82) is 5.26 Å². The van der Waals surface area contributed by atoms with Crippen LogP contribution in [-0.4, -0.2) is 0 Å². The van der Waals surface area contributed by atoms with E-state index < -0.39 is 0 Å². The molecule has 28 heavy (non-hydrogen) atoms. The summed E-state index contributed by atoms with van der Waals surface area (Å²) < 4.78 is 0. The number of rotatable bonds is 4. The lowest BCUT2D eigenvalue weighted by atomic mass is 10.2. The Morgan fingerprint density at radius 2 is 1.43 bits per heavy atom. The summed E-state index contributed by atoms with van der Waals surface area (Å²) in [4.78, 5) is 3.40. The van der Waals surface area contributed by atoms with Gasteiger partial charge in [-0.15, -0.1) is 0 Å². The molecule has 0 spiro atoms. The number of nitriles is 1. The molecule has 0 aliphatic rings. The third kappa shape index (κ3) is 4.51. The smallest absolute Gasteiger partial charge is 0.215 e. The molecule has 0 saturated heterocycles. The summed E-state index contributed by atoms with van der Waals surface area (Å²) in [6.45, 7) is 11.2. The molecule has 0 heterocycles. The number of hydrogen-bond donors (Lipinski definition) is 0. The first-order valence-corrected chi connectivity index (χ1v) is 8.51. The fourth-order valence-electron chi connectivity index (χ4n) is 2.42. The number of azo groups is 2. The zero-order valence-corrected chi connectivity index (χ0v) is 15.5. The molecular weight excluding hydrogens is 348 g/mol. The molecule has 0 N–H and O–H groups in total. The van der Waals surface area contributed by atoms with Crippen molar-refractivity contribution in [3.05, 3.63) is 88.8 Å². The Morgan fingerprint density at radius 1 is 0.786 bits per heavy atom. The van der Waals surface area contributed by atoms with Gasteiger partial charge in [0, 0.05) is 5.56 Å². The van der Waals surface area contributed by atoms with E-state index in [4.69, 9.17) is 11.8 Å². The average molecular weight is 364 g/mol. The molecule has 0 saturated carbocycles. The van der Waals surface area contributed by atoms with Gasteiger partial charge in [-0.2, -0.15) is 25.7 Å². The highest BCUT2D eigenvalue weighted by molar-refractivity contribution is 5.68. The van der Waals surface area contributed by atoms with Crippen LogP contribution in [-0.2, 0) is 0 Å². The highest BCUT2D eigenvalue weighted by atomic mass is 15.1. The molecule has 0 bridgehead atoms. The molecule has 0 aliphatic carbocycles. The molecule has 3 aromatic rings. The fourth-order valence-corrected chi connectivity index (χ4v) is 2.42. The van der Waals surface area contributed by atoms with Crippen LogP contribution in [0.1, 0.15) is 16.7 Å². The van der Waals surface area contributed by atoms with Crippen LogP contribution in [0.3, 0.4) is 0 Å². The van der Waals surface area contributed by atoms with E-state index in [0.29, 0.717) is 22.6 Å². The van der Waals surface area contributed by atoms with Crippen molar-refractivity contribution in [3.8, 4) is 6.07 Å². The topological polar surface area (TPSA) is 77.6 Å². The van der Waals surface area contributed by atoms with Crippen molar-refractivity contribution >= 4 is 28.4 Å². The van der Waals surface area contributed by atoms with E-state index in [1.54, 1.807) is 18.2 Å². The van der Waals surface area contributed by atoms with E-state index in [1.165, 1.54) is 11.6 Å². The third-order valence-corrected chi connectivity index (χ3v) is 3.99. The molecule has 0 amide bonds. The summed E-state index contributed by atoms with van der Waals surface area (Å²) in [6, 6.07) is 20.0. The molecule has 3 aromatic carbocycles. The molecule has 3 rings (SSSR count). The molecule has 0 radical (unpaired) electrons. The van der Waals surface area contributed by atoms with Crippen molar-refractivity contribution in [3.63, 3.8) is 0 Å². The third-order valence-electron chi connectivity index (χ3n) is 3.99. The van der Waals surface area contributed by atoms with E-state index in [-0.39, 0.29) is 0 Å². The Bertz CT molecular complexity index is 1150. The van der Waals surface area contributed by atoms with Gasteiger partial charge < -0.3 is 0 Å². The van der Waals surface area contributed by atoms with Crippen molar-refractivity contribution < 1.29 is 0 Å². The normalized spacial score (nSPS) is 10.9. The zero-order chi connectivity index (χ0) is 19.9. The lowest BCUT2D eigenvalue weighted by Crippen LogP contribution is -1.75. The van der Waals surface area contributed by atoms with E-state index in [2.05, 4.69) is 25.3 Å². The van der Waals surface area contributed by atoms with Crippen molar-refractivity contribution in [2.24, 2.45) is 20.5 Å². The molecule has 0 aliphatic heterocycles. The molecule has 0 atom stereocenters. The van der Waals surface area contributed by atoms with Gasteiger partial charge in [-0.3, -0.25) is 0 Å². The molecule has 0 aromatic heterocycles. The van der Waals surface area contributed by atoms with Gasteiger partial charge in [0.25, 0.3) is 0 Å². The lowest BCUT2D eigenvalue weighted by molar-refractivity contribution is 1.19. The van der Waals surface area contributed by atoms with Crippen LogP contribution in [0.2, 0.25) is 0 Å². The summed E-state index contributed by atoms with van der Waals surface area (Å²) in [5, 5.41) is 25.8. The van der Waals surface area contributed by atoms with Crippen molar-refractivity contribution in [1.82, 2.24) is 0 Å². The maximum absolute atomic E-state index is 8.92. The maximum atomic E-state index is 8.92. The monoisotopic (exact) mass is 364 g/mol.